The van der Waals surface area contributed by atoms with Crippen molar-refractivity contribution in [3.63, 3.8) is 0 Å². The van der Waals surface area contributed by atoms with Crippen LogP contribution < -0.4 is 16.4 Å². The summed E-state index contributed by atoms with van der Waals surface area (Å²) < 4.78 is 5.08. The maximum Gasteiger partial charge on any atom is 0.414 e. The molecule has 0 radical (unpaired) electrons. The lowest BCUT2D eigenvalue weighted by molar-refractivity contribution is -0.125. The number of alkyl carbamates (subject to hydrolysis) is 1. The Bertz CT molecular complexity index is 794. The molecule has 0 fully saturated rings. The lowest BCUT2D eigenvalue weighted by Gasteiger charge is -2.26. The maximum absolute atomic E-state index is 12.6. The van der Waals surface area contributed by atoms with E-state index >= 15 is 0 Å². The molecule has 7 nitrogen and oxygen atoms in total. The minimum Gasteiger partial charge on any atom is -0.444 e. The molecule has 0 aliphatic heterocycles. The molecule has 2 aromatic carbocycles. The molecule has 2 rings (SSSR count). The molecule has 2 aromatic rings. The van der Waals surface area contributed by atoms with E-state index in [0.29, 0.717) is 5.56 Å². The highest BCUT2D eigenvalue weighted by molar-refractivity contribution is 5.95. The summed E-state index contributed by atoms with van der Waals surface area (Å²) in [7, 11) is 0. The molecule has 0 aliphatic rings. The first kappa shape index (κ1) is 21.1. The molecule has 0 unspecified atom stereocenters. The van der Waals surface area contributed by atoms with Crippen LogP contribution in [0.15, 0.2) is 60.7 Å². The van der Waals surface area contributed by atoms with E-state index in [1.54, 1.807) is 38.1 Å². The number of carbonyl (C=O) groups is 3. The average molecular weight is 383 g/mol. The molecule has 0 heterocycles. The highest BCUT2D eigenvalue weighted by Gasteiger charge is 2.29. The number of hydrogen-bond acceptors (Lipinski definition) is 5. The first-order valence-corrected chi connectivity index (χ1v) is 9.00. The Morgan fingerprint density at radius 3 is 2.07 bits per heavy atom. The summed E-state index contributed by atoms with van der Waals surface area (Å²) in [6.45, 7) is 3.65. The van der Waals surface area contributed by atoms with Crippen molar-refractivity contribution >= 4 is 17.9 Å². The van der Waals surface area contributed by atoms with Crippen LogP contribution in [-0.2, 0) is 20.9 Å². The van der Waals surface area contributed by atoms with Crippen molar-refractivity contribution in [2.45, 2.75) is 32.5 Å². The van der Waals surface area contributed by atoms with Crippen molar-refractivity contribution in [1.82, 2.24) is 10.6 Å². The minimum absolute atomic E-state index is 0.0493. The molecule has 4 N–H and O–H groups in total. The van der Waals surface area contributed by atoms with Crippen LogP contribution in [0.2, 0.25) is 0 Å². The first-order chi connectivity index (χ1) is 13.4. The second kappa shape index (κ2) is 10.2. The van der Waals surface area contributed by atoms with Crippen molar-refractivity contribution in [1.29, 1.82) is 0 Å². The van der Waals surface area contributed by atoms with Gasteiger partial charge in [0.2, 0.25) is 11.8 Å². The topological polar surface area (TPSA) is 111 Å². The first-order valence-electron chi connectivity index (χ1n) is 9.00. The van der Waals surface area contributed by atoms with Crippen LogP contribution in [0.5, 0.6) is 0 Å². The van der Waals surface area contributed by atoms with Gasteiger partial charge in [0.1, 0.15) is 12.6 Å². The number of amides is 3. The monoisotopic (exact) mass is 383 g/mol. The van der Waals surface area contributed by atoms with Gasteiger partial charge in [-0.1, -0.05) is 74.5 Å². The third kappa shape index (κ3) is 6.21. The van der Waals surface area contributed by atoms with Gasteiger partial charge in [-0.05, 0) is 17.0 Å². The van der Waals surface area contributed by atoms with E-state index in [2.05, 4.69) is 10.6 Å². The third-order valence-corrected chi connectivity index (χ3v) is 4.15. The van der Waals surface area contributed by atoms with E-state index in [0.717, 1.165) is 5.56 Å². The third-order valence-electron chi connectivity index (χ3n) is 4.15. The molecule has 148 valence electrons. The SMILES string of the molecule is CC(C)[C@H](N[C@H](C(N)=O)c1ccccc1)C(=O)NC(=O)OCc1ccccc1. The quantitative estimate of drug-likeness (QED) is 0.648. The van der Waals surface area contributed by atoms with Crippen LogP contribution in [0.25, 0.3) is 0 Å². The molecular formula is C21H25N3O4. The molecule has 0 bridgehead atoms. The number of hydrogen-bond donors (Lipinski definition) is 3. The zero-order chi connectivity index (χ0) is 20.5. The summed E-state index contributed by atoms with van der Waals surface area (Å²) in [4.78, 5) is 36.4. The summed E-state index contributed by atoms with van der Waals surface area (Å²) >= 11 is 0. The molecule has 0 aromatic heterocycles. The van der Waals surface area contributed by atoms with Crippen LogP contribution in [0.4, 0.5) is 4.79 Å². The van der Waals surface area contributed by atoms with E-state index in [4.69, 9.17) is 10.5 Å². The number of carbonyl (C=O) groups excluding carboxylic acids is 3. The highest BCUT2D eigenvalue weighted by atomic mass is 16.5. The van der Waals surface area contributed by atoms with Gasteiger partial charge in [-0.2, -0.15) is 0 Å². The van der Waals surface area contributed by atoms with Gasteiger partial charge in [0.25, 0.3) is 0 Å². The molecular weight excluding hydrogens is 358 g/mol. The van der Waals surface area contributed by atoms with Gasteiger partial charge in [0.15, 0.2) is 0 Å². The highest BCUT2D eigenvalue weighted by Crippen LogP contribution is 2.15. The largest absolute Gasteiger partial charge is 0.444 e. The molecule has 28 heavy (non-hydrogen) atoms. The summed E-state index contributed by atoms with van der Waals surface area (Å²) in [5.41, 5.74) is 6.95. The number of ether oxygens (including phenoxy) is 1. The van der Waals surface area contributed by atoms with Crippen LogP contribution in [0.1, 0.15) is 31.0 Å². The van der Waals surface area contributed by atoms with Crippen molar-refractivity contribution in [2.24, 2.45) is 11.7 Å². The van der Waals surface area contributed by atoms with Crippen LogP contribution in [0.3, 0.4) is 0 Å². The van der Waals surface area contributed by atoms with Crippen molar-refractivity contribution in [3.05, 3.63) is 71.8 Å². The van der Waals surface area contributed by atoms with Crippen LogP contribution >= 0.6 is 0 Å². The number of benzene rings is 2. The van der Waals surface area contributed by atoms with E-state index < -0.39 is 30.0 Å². The fourth-order valence-electron chi connectivity index (χ4n) is 2.68. The lowest BCUT2D eigenvalue weighted by atomic mass is 9.99. The van der Waals surface area contributed by atoms with Crippen molar-refractivity contribution in [2.75, 3.05) is 0 Å². The number of primary amides is 1. The maximum atomic E-state index is 12.6. The van der Waals surface area contributed by atoms with Gasteiger partial charge in [0, 0.05) is 0 Å². The lowest BCUT2D eigenvalue weighted by Crippen LogP contribution is -2.52. The smallest absolute Gasteiger partial charge is 0.414 e. The Hall–Kier alpha value is -3.19. The van der Waals surface area contributed by atoms with Gasteiger partial charge in [-0.15, -0.1) is 0 Å². The van der Waals surface area contributed by atoms with Gasteiger partial charge >= 0.3 is 6.09 Å². The number of nitrogens with one attached hydrogen (secondary N) is 2. The molecule has 0 spiro atoms. The van der Waals surface area contributed by atoms with Gasteiger partial charge in [0.05, 0.1) is 6.04 Å². The van der Waals surface area contributed by atoms with Gasteiger partial charge in [-0.25, -0.2) is 4.79 Å². The molecule has 7 heteroatoms. The van der Waals surface area contributed by atoms with E-state index in [1.165, 1.54) is 0 Å². The Kier molecular flexibility index (Phi) is 7.71. The summed E-state index contributed by atoms with van der Waals surface area (Å²) in [5, 5.41) is 5.17. The van der Waals surface area contributed by atoms with E-state index in [1.807, 2.05) is 36.4 Å². The van der Waals surface area contributed by atoms with E-state index in [9.17, 15) is 14.4 Å². The Balaban J connectivity index is 2.00. The summed E-state index contributed by atoms with van der Waals surface area (Å²) in [6.07, 6.45) is -0.850. The second-order valence-electron chi connectivity index (χ2n) is 6.69. The summed E-state index contributed by atoms with van der Waals surface area (Å²) in [6, 6.07) is 16.3. The standard InChI is InChI=1S/C21H25N3O4/c1-14(2)17(23-18(19(22)25)16-11-7-4-8-12-16)20(26)24-21(27)28-13-15-9-5-3-6-10-15/h3-12,14,17-18,23H,13H2,1-2H3,(H2,22,25)(H,24,26,27)/t17-,18-/m0/s1. The Morgan fingerprint density at radius 1 is 0.964 bits per heavy atom. The number of rotatable bonds is 8. The van der Waals surface area contributed by atoms with Crippen molar-refractivity contribution in [3.8, 4) is 0 Å². The predicted octanol–water partition coefficient (Wildman–Crippen LogP) is 2.28. The van der Waals surface area contributed by atoms with Crippen LogP contribution in [-0.4, -0.2) is 23.9 Å². The molecule has 2 atom stereocenters. The zero-order valence-electron chi connectivity index (χ0n) is 15.9. The van der Waals surface area contributed by atoms with Gasteiger partial charge in [-0.3, -0.25) is 20.2 Å². The summed E-state index contributed by atoms with van der Waals surface area (Å²) in [5.74, 6) is -1.40. The zero-order valence-corrected chi connectivity index (χ0v) is 15.9. The minimum atomic E-state index is -0.861. The van der Waals surface area contributed by atoms with E-state index in [-0.39, 0.29) is 12.5 Å². The van der Waals surface area contributed by atoms with Gasteiger partial charge < -0.3 is 10.5 Å². The van der Waals surface area contributed by atoms with Crippen LogP contribution in [0, 0.1) is 5.92 Å². The number of nitrogens with two attached hydrogens (primary N) is 1. The number of imide groups is 1. The molecule has 0 saturated carbocycles. The predicted molar refractivity (Wildman–Crippen MR) is 105 cm³/mol. The molecule has 0 saturated heterocycles. The molecule has 0 aliphatic carbocycles. The molecule has 3 amide bonds. The fourth-order valence-corrected chi connectivity index (χ4v) is 2.68. The Labute approximate surface area is 164 Å². The second-order valence-corrected chi connectivity index (χ2v) is 6.69. The average Bonchev–Trinajstić information content (AvgIpc) is 2.67. The fraction of sp³-hybridized carbons (Fsp3) is 0.286. The Morgan fingerprint density at radius 2 is 1.54 bits per heavy atom. The van der Waals surface area contributed by atoms with Crippen molar-refractivity contribution < 1.29 is 19.1 Å². The normalized spacial score (nSPS) is 12.8.